The molecule has 0 bridgehead atoms. The maximum absolute atomic E-state index is 13.2. The molecule has 94 valence electrons. The van der Waals surface area contributed by atoms with Crippen LogP contribution in [0.15, 0.2) is 30.6 Å². The van der Waals surface area contributed by atoms with Gasteiger partial charge in [-0.3, -0.25) is 0 Å². The molecule has 0 saturated carbocycles. The molecule has 0 atom stereocenters. The molecule has 0 spiro atoms. The van der Waals surface area contributed by atoms with E-state index < -0.39 is 0 Å². The molecule has 4 nitrogen and oxygen atoms in total. The van der Waals surface area contributed by atoms with Gasteiger partial charge in [-0.05, 0) is 19.1 Å². The van der Waals surface area contributed by atoms with E-state index in [0.29, 0.717) is 18.4 Å². The van der Waals surface area contributed by atoms with Crippen molar-refractivity contribution in [3.05, 3.63) is 36.4 Å². The normalized spacial score (nSPS) is 10.2. The molecule has 0 saturated heterocycles. The molecule has 0 amide bonds. The molecule has 0 aliphatic rings. The first-order chi connectivity index (χ1) is 8.74. The van der Waals surface area contributed by atoms with Crippen LogP contribution in [0.5, 0.6) is 11.8 Å². The van der Waals surface area contributed by atoms with Gasteiger partial charge in [-0.15, -0.1) is 0 Å². The van der Waals surface area contributed by atoms with Gasteiger partial charge in [0, 0.05) is 29.6 Å². The Labute approximate surface area is 104 Å². The van der Waals surface area contributed by atoms with E-state index in [0.717, 1.165) is 11.1 Å². The smallest absolute Gasteiger partial charge is 0.316 e. The summed E-state index contributed by atoms with van der Waals surface area (Å²) in [7, 11) is 1.50. The van der Waals surface area contributed by atoms with Gasteiger partial charge in [0.2, 0.25) is 0 Å². The summed E-state index contributed by atoms with van der Waals surface area (Å²) < 4.78 is 23.5. The number of ether oxygens (including phenoxy) is 2. The first-order valence-electron chi connectivity index (χ1n) is 5.53. The van der Waals surface area contributed by atoms with Crippen LogP contribution in [0.1, 0.15) is 6.92 Å². The van der Waals surface area contributed by atoms with E-state index in [1.54, 1.807) is 18.5 Å². The highest BCUT2D eigenvalue weighted by Gasteiger charge is 2.09. The Bertz CT molecular complexity index is 529. The van der Waals surface area contributed by atoms with E-state index in [1.807, 2.05) is 6.92 Å². The summed E-state index contributed by atoms with van der Waals surface area (Å²) in [4.78, 5) is 8.03. The predicted molar refractivity (Wildman–Crippen MR) is 65.1 cm³/mol. The van der Waals surface area contributed by atoms with Gasteiger partial charge in [-0.1, -0.05) is 0 Å². The highest BCUT2D eigenvalue weighted by molar-refractivity contribution is 5.69. The van der Waals surface area contributed by atoms with Crippen molar-refractivity contribution < 1.29 is 13.9 Å². The second-order valence-corrected chi connectivity index (χ2v) is 3.53. The van der Waals surface area contributed by atoms with Crippen LogP contribution < -0.4 is 9.47 Å². The Morgan fingerprint density at radius 2 is 1.94 bits per heavy atom. The van der Waals surface area contributed by atoms with Crippen molar-refractivity contribution in [1.82, 2.24) is 9.97 Å². The second kappa shape index (κ2) is 5.44. The molecular formula is C13H13FN2O2. The van der Waals surface area contributed by atoms with Crippen LogP contribution in [0.3, 0.4) is 0 Å². The summed E-state index contributed by atoms with van der Waals surface area (Å²) >= 11 is 0. The Morgan fingerprint density at radius 3 is 2.56 bits per heavy atom. The monoisotopic (exact) mass is 248 g/mol. The van der Waals surface area contributed by atoms with Crippen LogP contribution in [-0.2, 0) is 0 Å². The lowest BCUT2D eigenvalue weighted by Crippen LogP contribution is -1.96. The molecule has 1 heterocycles. The molecule has 0 aliphatic carbocycles. The van der Waals surface area contributed by atoms with Crippen molar-refractivity contribution in [1.29, 1.82) is 0 Å². The Morgan fingerprint density at radius 1 is 1.22 bits per heavy atom. The van der Waals surface area contributed by atoms with Gasteiger partial charge < -0.3 is 9.47 Å². The third-order valence-electron chi connectivity index (χ3n) is 2.37. The largest absolute Gasteiger partial charge is 0.493 e. The minimum absolute atomic E-state index is 0.291. The molecular weight excluding hydrogens is 235 g/mol. The Kier molecular flexibility index (Phi) is 3.72. The molecule has 0 radical (unpaired) electrons. The number of rotatable bonds is 4. The SMILES string of the molecule is CCOc1cc(F)ccc1-c1cnc(OC)nc1. The van der Waals surface area contributed by atoms with Crippen molar-refractivity contribution in [3.8, 4) is 22.9 Å². The van der Waals surface area contributed by atoms with E-state index in [9.17, 15) is 4.39 Å². The van der Waals surface area contributed by atoms with Crippen molar-refractivity contribution >= 4 is 0 Å². The number of benzene rings is 1. The average molecular weight is 248 g/mol. The maximum atomic E-state index is 13.2. The Balaban J connectivity index is 2.41. The van der Waals surface area contributed by atoms with Crippen LogP contribution in [0.25, 0.3) is 11.1 Å². The molecule has 0 unspecified atom stereocenters. The lowest BCUT2D eigenvalue weighted by atomic mass is 10.1. The first kappa shape index (κ1) is 12.3. The summed E-state index contributed by atoms with van der Waals surface area (Å²) in [5.74, 6) is 0.142. The second-order valence-electron chi connectivity index (χ2n) is 3.53. The maximum Gasteiger partial charge on any atom is 0.316 e. The zero-order valence-corrected chi connectivity index (χ0v) is 10.2. The van der Waals surface area contributed by atoms with Gasteiger partial charge in [-0.25, -0.2) is 14.4 Å². The number of aromatic nitrogens is 2. The predicted octanol–water partition coefficient (Wildman–Crippen LogP) is 2.69. The van der Waals surface area contributed by atoms with Crippen LogP contribution in [0.2, 0.25) is 0 Å². The van der Waals surface area contributed by atoms with Gasteiger partial charge in [0.05, 0.1) is 13.7 Å². The number of methoxy groups -OCH3 is 1. The summed E-state index contributed by atoms with van der Waals surface area (Å²) in [6.07, 6.45) is 3.23. The summed E-state index contributed by atoms with van der Waals surface area (Å²) in [5, 5.41) is 0. The Hall–Kier alpha value is -2.17. The summed E-state index contributed by atoms with van der Waals surface area (Å²) in [6.45, 7) is 2.31. The zero-order chi connectivity index (χ0) is 13.0. The fraction of sp³-hybridized carbons (Fsp3) is 0.231. The summed E-state index contributed by atoms with van der Waals surface area (Å²) in [6, 6.07) is 4.66. The van der Waals surface area contributed by atoms with Crippen molar-refractivity contribution in [2.75, 3.05) is 13.7 Å². The van der Waals surface area contributed by atoms with E-state index in [2.05, 4.69) is 9.97 Å². The standard InChI is InChI=1S/C13H13FN2O2/c1-3-18-12-6-10(14)4-5-11(12)9-7-15-13(17-2)16-8-9/h4-8H,3H2,1-2H3. The van der Waals surface area contributed by atoms with E-state index in [1.165, 1.54) is 19.2 Å². The lowest BCUT2D eigenvalue weighted by Gasteiger charge is -2.10. The third kappa shape index (κ3) is 2.56. The first-order valence-corrected chi connectivity index (χ1v) is 5.53. The van der Waals surface area contributed by atoms with E-state index in [-0.39, 0.29) is 5.82 Å². The average Bonchev–Trinajstić information content (AvgIpc) is 2.40. The highest BCUT2D eigenvalue weighted by Crippen LogP contribution is 2.30. The van der Waals surface area contributed by atoms with Gasteiger partial charge in [0.25, 0.3) is 0 Å². The molecule has 0 aliphatic heterocycles. The molecule has 1 aromatic heterocycles. The number of hydrogen-bond acceptors (Lipinski definition) is 4. The molecule has 18 heavy (non-hydrogen) atoms. The molecule has 0 N–H and O–H groups in total. The van der Waals surface area contributed by atoms with Gasteiger partial charge in [-0.2, -0.15) is 0 Å². The quantitative estimate of drug-likeness (QED) is 0.834. The molecule has 2 rings (SSSR count). The van der Waals surface area contributed by atoms with E-state index >= 15 is 0 Å². The van der Waals surface area contributed by atoms with Crippen LogP contribution >= 0.6 is 0 Å². The van der Waals surface area contributed by atoms with Gasteiger partial charge >= 0.3 is 6.01 Å². The van der Waals surface area contributed by atoms with Crippen molar-refractivity contribution in [2.45, 2.75) is 6.92 Å². The van der Waals surface area contributed by atoms with E-state index in [4.69, 9.17) is 9.47 Å². The van der Waals surface area contributed by atoms with Gasteiger partial charge in [0.15, 0.2) is 0 Å². The molecule has 5 heteroatoms. The minimum Gasteiger partial charge on any atom is -0.493 e. The van der Waals surface area contributed by atoms with Gasteiger partial charge in [0.1, 0.15) is 11.6 Å². The van der Waals surface area contributed by atoms with Crippen LogP contribution in [0, 0.1) is 5.82 Å². The fourth-order valence-corrected chi connectivity index (χ4v) is 1.57. The third-order valence-corrected chi connectivity index (χ3v) is 2.37. The molecule has 0 fully saturated rings. The number of halogens is 1. The van der Waals surface area contributed by atoms with Crippen molar-refractivity contribution in [3.63, 3.8) is 0 Å². The van der Waals surface area contributed by atoms with Crippen LogP contribution in [0.4, 0.5) is 4.39 Å². The van der Waals surface area contributed by atoms with Crippen LogP contribution in [-0.4, -0.2) is 23.7 Å². The topological polar surface area (TPSA) is 44.2 Å². The highest BCUT2D eigenvalue weighted by atomic mass is 19.1. The molecule has 1 aromatic carbocycles. The van der Waals surface area contributed by atoms with Crippen molar-refractivity contribution in [2.24, 2.45) is 0 Å². The lowest BCUT2D eigenvalue weighted by molar-refractivity contribution is 0.339. The number of hydrogen-bond donors (Lipinski definition) is 0. The zero-order valence-electron chi connectivity index (χ0n) is 10.2. The minimum atomic E-state index is -0.336. The summed E-state index contributed by atoms with van der Waals surface area (Å²) in [5.41, 5.74) is 1.50. The molecule has 2 aromatic rings. The fourth-order valence-electron chi connectivity index (χ4n) is 1.57. The number of nitrogens with zero attached hydrogens (tertiary/aromatic N) is 2.